The van der Waals surface area contributed by atoms with Gasteiger partial charge in [-0.2, -0.15) is 5.26 Å². The molecule has 114 valence electrons. The van der Waals surface area contributed by atoms with Gasteiger partial charge in [0.05, 0.1) is 22.7 Å². The first kappa shape index (κ1) is 17.2. The maximum atomic E-state index is 11.9. The third-order valence-electron chi connectivity index (χ3n) is 3.30. The summed E-state index contributed by atoms with van der Waals surface area (Å²) < 4.78 is 1.40. The van der Waals surface area contributed by atoms with Crippen LogP contribution < -0.4 is 11.2 Å². The molecule has 0 bridgehead atoms. The lowest BCUT2D eigenvalue weighted by molar-refractivity contribution is 0.415. The van der Waals surface area contributed by atoms with Crippen molar-refractivity contribution in [1.29, 1.82) is 5.26 Å². The summed E-state index contributed by atoms with van der Waals surface area (Å²) in [6.45, 7) is 5.77. The SMILES string of the molecule is Cc1c(N=CCl)n(CCCCC(C)(C)C#N)c(=O)[nH]c1=O. The highest BCUT2D eigenvalue weighted by Crippen LogP contribution is 2.22. The van der Waals surface area contributed by atoms with Gasteiger partial charge in [-0.05, 0) is 33.6 Å². The predicted octanol–water partition coefficient (Wildman–Crippen LogP) is 2.46. The zero-order chi connectivity index (χ0) is 16.0. The van der Waals surface area contributed by atoms with E-state index in [1.807, 2.05) is 13.8 Å². The summed E-state index contributed by atoms with van der Waals surface area (Å²) in [7, 11) is 0. The fourth-order valence-electron chi connectivity index (χ4n) is 1.97. The second-order valence-electron chi connectivity index (χ2n) is 5.54. The van der Waals surface area contributed by atoms with E-state index in [0.717, 1.165) is 18.5 Å². The Morgan fingerprint density at radius 2 is 2.10 bits per heavy atom. The Kier molecular flexibility index (Phi) is 5.91. The Balaban J connectivity index is 2.90. The van der Waals surface area contributed by atoms with Crippen LogP contribution in [-0.4, -0.2) is 15.2 Å². The third kappa shape index (κ3) is 4.57. The van der Waals surface area contributed by atoms with Crippen molar-refractivity contribution in [2.75, 3.05) is 0 Å². The molecule has 1 rings (SSSR count). The highest BCUT2D eigenvalue weighted by Gasteiger charge is 2.16. The first-order chi connectivity index (χ1) is 9.82. The summed E-state index contributed by atoms with van der Waals surface area (Å²) in [5.41, 5.74) is 0.0601. The van der Waals surface area contributed by atoms with Gasteiger partial charge in [-0.1, -0.05) is 18.0 Å². The summed E-state index contributed by atoms with van der Waals surface area (Å²) in [6.07, 6.45) is 2.26. The first-order valence-electron chi connectivity index (χ1n) is 6.70. The maximum Gasteiger partial charge on any atom is 0.329 e. The van der Waals surface area contributed by atoms with Crippen LogP contribution in [0.25, 0.3) is 0 Å². The first-order valence-corrected chi connectivity index (χ1v) is 7.14. The lowest BCUT2D eigenvalue weighted by Crippen LogP contribution is -2.31. The molecular formula is C14H19ClN4O2. The third-order valence-corrected chi connectivity index (χ3v) is 3.40. The molecule has 0 aliphatic rings. The summed E-state index contributed by atoms with van der Waals surface area (Å²) >= 11 is 5.47. The largest absolute Gasteiger partial charge is 0.329 e. The maximum absolute atomic E-state index is 11.9. The minimum absolute atomic E-state index is 0.276. The highest BCUT2D eigenvalue weighted by molar-refractivity contribution is 6.56. The van der Waals surface area contributed by atoms with Crippen molar-refractivity contribution in [2.45, 2.75) is 46.6 Å². The average Bonchev–Trinajstić information content (AvgIpc) is 2.43. The molecule has 0 atom stereocenters. The zero-order valence-electron chi connectivity index (χ0n) is 12.4. The van der Waals surface area contributed by atoms with Crippen LogP contribution in [0.15, 0.2) is 14.6 Å². The lowest BCUT2D eigenvalue weighted by Gasteiger charge is -2.15. The van der Waals surface area contributed by atoms with Gasteiger partial charge in [0.15, 0.2) is 0 Å². The van der Waals surface area contributed by atoms with E-state index in [-0.39, 0.29) is 11.2 Å². The van der Waals surface area contributed by atoms with Gasteiger partial charge in [0.2, 0.25) is 0 Å². The number of unbranched alkanes of at least 4 members (excludes halogenated alkanes) is 1. The number of hydrogen-bond acceptors (Lipinski definition) is 4. The predicted molar refractivity (Wildman–Crippen MR) is 83.3 cm³/mol. The van der Waals surface area contributed by atoms with Gasteiger partial charge in [0.25, 0.3) is 5.56 Å². The van der Waals surface area contributed by atoms with Crippen LogP contribution in [0.2, 0.25) is 0 Å². The monoisotopic (exact) mass is 310 g/mol. The van der Waals surface area contributed by atoms with Crippen LogP contribution in [0.5, 0.6) is 0 Å². The molecule has 0 aromatic carbocycles. The Hall–Kier alpha value is -1.87. The smallest absolute Gasteiger partial charge is 0.278 e. The minimum atomic E-state index is -0.498. The van der Waals surface area contributed by atoms with Crippen molar-refractivity contribution in [3.63, 3.8) is 0 Å². The number of nitrogens with one attached hydrogen (secondary N) is 1. The van der Waals surface area contributed by atoms with Gasteiger partial charge in [-0.25, -0.2) is 9.79 Å². The molecule has 6 nitrogen and oxygen atoms in total. The fraction of sp³-hybridized carbons (Fsp3) is 0.571. The van der Waals surface area contributed by atoms with Gasteiger partial charge in [-0.3, -0.25) is 14.3 Å². The molecule has 0 saturated carbocycles. The van der Waals surface area contributed by atoms with E-state index in [2.05, 4.69) is 16.0 Å². The number of H-pyrrole nitrogens is 1. The number of rotatable bonds is 6. The number of halogens is 1. The van der Waals surface area contributed by atoms with Gasteiger partial charge in [-0.15, -0.1) is 0 Å². The molecule has 0 radical (unpaired) electrons. The molecule has 0 saturated heterocycles. The second-order valence-corrected chi connectivity index (χ2v) is 5.73. The molecule has 1 aromatic rings. The Morgan fingerprint density at radius 1 is 1.43 bits per heavy atom. The van der Waals surface area contributed by atoms with Crippen LogP contribution in [0.4, 0.5) is 5.82 Å². The quantitative estimate of drug-likeness (QED) is 0.646. The van der Waals surface area contributed by atoms with Crippen LogP contribution in [0, 0.1) is 23.7 Å². The number of nitrogens with zero attached hydrogens (tertiary/aromatic N) is 3. The molecule has 0 aliphatic heterocycles. The normalized spacial score (nSPS) is 11.8. The molecule has 1 heterocycles. The summed E-state index contributed by atoms with van der Waals surface area (Å²) in [5.74, 6) is 0.276. The van der Waals surface area contributed by atoms with Crippen molar-refractivity contribution in [1.82, 2.24) is 9.55 Å². The summed E-state index contributed by atoms with van der Waals surface area (Å²) in [6, 6.07) is 2.24. The van der Waals surface area contributed by atoms with Gasteiger partial charge >= 0.3 is 5.69 Å². The van der Waals surface area contributed by atoms with E-state index in [1.54, 1.807) is 6.92 Å². The second kappa shape index (κ2) is 7.23. The minimum Gasteiger partial charge on any atom is -0.278 e. The van der Waals surface area contributed by atoms with Crippen LogP contribution in [0.3, 0.4) is 0 Å². The summed E-state index contributed by atoms with van der Waals surface area (Å²) in [4.78, 5) is 29.6. The lowest BCUT2D eigenvalue weighted by atomic mass is 9.89. The van der Waals surface area contributed by atoms with Crippen LogP contribution in [0.1, 0.15) is 38.7 Å². The average molecular weight is 311 g/mol. The van der Waals surface area contributed by atoms with Gasteiger partial charge < -0.3 is 0 Å². The van der Waals surface area contributed by atoms with E-state index in [4.69, 9.17) is 16.9 Å². The molecule has 0 fully saturated rings. The number of hydrogen-bond donors (Lipinski definition) is 1. The van der Waals surface area contributed by atoms with Crippen molar-refractivity contribution >= 4 is 23.1 Å². The van der Waals surface area contributed by atoms with E-state index < -0.39 is 11.2 Å². The standard InChI is InChI=1S/C14H19ClN4O2/c1-10-11(17-9-15)19(13(21)18-12(10)20)7-5-4-6-14(2,3)8-16/h9H,4-7H2,1-3H3,(H,18,20,21). The molecule has 0 unspecified atom stereocenters. The van der Waals surface area contributed by atoms with E-state index >= 15 is 0 Å². The number of nitriles is 1. The van der Waals surface area contributed by atoms with Crippen LogP contribution >= 0.6 is 11.6 Å². The van der Waals surface area contributed by atoms with Crippen molar-refractivity contribution in [3.8, 4) is 6.07 Å². The Labute approximate surface area is 128 Å². The molecule has 21 heavy (non-hydrogen) atoms. The van der Waals surface area contributed by atoms with E-state index in [1.165, 1.54) is 4.57 Å². The highest BCUT2D eigenvalue weighted by atomic mass is 35.5. The van der Waals surface area contributed by atoms with Crippen molar-refractivity contribution in [2.24, 2.45) is 10.4 Å². The van der Waals surface area contributed by atoms with E-state index in [0.29, 0.717) is 18.5 Å². The van der Waals surface area contributed by atoms with Gasteiger partial charge in [0, 0.05) is 6.54 Å². The fourth-order valence-corrected chi connectivity index (χ4v) is 2.06. The molecule has 0 aliphatic carbocycles. The Bertz CT molecular complexity index is 680. The summed E-state index contributed by atoms with van der Waals surface area (Å²) in [5, 5.41) is 8.96. The number of aromatic nitrogens is 2. The van der Waals surface area contributed by atoms with Gasteiger partial charge in [0.1, 0.15) is 5.82 Å². The van der Waals surface area contributed by atoms with Crippen LogP contribution in [-0.2, 0) is 6.54 Å². The number of aliphatic imine (C=N–C) groups is 1. The molecule has 7 heteroatoms. The molecule has 1 aromatic heterocycles. The zero-order valence-corrected chi connectivity index (χ0v) is 13.2. The molecule has 0 spiro atoms. The van der Waals surface area contributed by atoms with Crippen molar-refractivity contribution < 1.29 is 0 Å². The molecular weight excluding hydrogens is 292 g/mol. The topological polar surface area (TPSA) is 91.0 Å². The molecule has 1 N–H and O–H groups in total. The molecule has 0 amide bonds. The van der Waals surface area contributed by atoms with E-state index in [9.17, 15) is 9.59 Å². The van der Waals surface area contributed by atoms with Crippen molar-refractivity contribution in [3.05, 3.63) is 26.4 Å². The number of aromatic amines is 1. The Morgan fingerprint density at radius 3 is 2.67 bits per heavy atom.